The van der Waals surface area contributed by atoms with Crippen LogP contribution in [0.15, 0.2) is 24.3 Å². The lowest BCUT2D eigenvalue weighted by molar-refractivity contribution is 0.753. The largest absolute Gasteiger partial charge is 0.377 e. The van der Waals surface area contributed by atoms with Gasteiger partial charge in [0.2, 0.25) is 5.95 Å². The fourth-order valence-electron chi connectivity index (χ4n) is 1.93. The van der Waals surface area contributed by atoms with Crippen molar-refractivity contribution < 1.29 is 0 Å². The van der Waals surface area contributed by atoms with Crippen LogP contribution >= 0.6 is 0 Å². The Labute approximate surface area is 108 Å². The Morgan fingerprint density at radius 1 is 1.00 bits per heavy atom. The molecule has 0 bridgehead atoms. The van der Waals surface area contributed by atoms with E-state index in [9.17, 15) is 0 Å². The average molecular weight is 245 g/mol. The van der Waals surface area contributed by atoms with Crippen LogP contribution in [0.1, 0.15) is 0 Å². The minimum absolute atomic E-state index is 0.755. The molecule has 0 radical (unpaired) electrons. The molecule has 5 heteroatoms. The van der Waals surface area contributed by atoms with E-state index in [0.29, 0.717) is 0 Å². The summed E-state index contributed by atoms with van der Waals surface area (Å²) in [5, 5.41) is 4.48. The zero-order chi connectivity index (χ0) is 13.3. The lowest BCUT2D eigenvalue weighted by atomic mass is 10.1. The predicted molar refractivity (Wildman–Crippen MR) is 75.1 cm³/mol. The molecular weight excluding hydrogens is 226 g/mol. The van der Waals surface area contributed by atoms with Gasteiger partial charge in [0, 0.05) is 46.5 Å². The third kappa shape index (κ3) is 2.16. The third-order valence-electron chi connectivity index (χ3n) is 2.77. The van der Waals surface area contributed by atoms with E-state index in [-0.39, 0.29) is 0 Å². The second-order valence-corrected chi connectivity index (χ2v) is 4.67. The van der Waals surface area contributed by atoms with Gasteiger partial charge in [-0.15, -0.1) is 5.10 Å². The highest BCUT2D eigenvalue weighted by Gasteiger charge is 2.14. The first kappa shape index (κ1) is 12.4. The van der Waals surface area contributed by atoms with E-state index in [1.165, 1.54) is 0 Å². The van der Waals surface area contributed by atoms with Crippen LogP contribution < -0.4 is 9.80 Å². The fraction of sp³-hybridized carbons (Fsp3) is 0.385. The zero-order valence-electron chi connectivity index (χ0n) is 11.5. The van der Waals surface area contributed by atoms with Crippen molar-refractivity contribution >= 4 is 11.6 Å². The Balaban J connectivity index is 2.52. The summed E-state index contributed by atoms with van der Waals surface area (Å²) in [4.78, 5) is 8.60. The minimum atomic E-state index is 0.755. The first-order valence-electron chi connectivity index (χ1n) is 5.86. The van der Waals surface area contributed by atoms with Crippen LogP contribution in [-0.4, -0.2) is 43.0 Å². The first-order valence-corrected chi connectivity index (χ1v) is 5.86. The van der Waals surface area contributed by atoms with Gasteiger partial charge in [-0.2, -0.15) is 4.98 Å². The number of rotatable bonds is 3. The lowest BCUT2D eigenvalue weighted by Crippen LogP contribution is -2.14. The van der Waals surface area contributed by atoms with E-state index in [0.717, 1.165) is 23.0 Å². The van der Waals surface area contributed by atoms with Crippen LogP contribution in [-0.2, 0) is 7.05 Å². The van der Waals surface area contributed by atoms with Crippen molar-refractivity contribution in [2.45, 2.75) is 0 Å². The molecule has 2 aromatic rings. The highest BCUT2D eigenvalue weighted by atomic mass is 15.4. The number of aryl methyl sites for hydroxylation is 1. The molecular formula is C13H19N5. The molecule has 96 valence electrons. The van der Waals surface area contributed by atoms with E-state index in [1.54, 1.807) is 4.68 Å². The Kier molecular flexibility index (Phi) is 3.23. The molecule has 0 aliphatic heterocycles. The lowest BCUT2D eigenvalue weighted by Gasteiger charge is -2.15. The molecule has 0 fully saturated rings. The summed E-state index contributed by atoms with van der Waals surface area (Å²) in [6.45, 7) is 0. The average Bonchev–Trinajstić information content (AvgIpc) is 2.71. The SMILES string of the molecule is CN(C)c1ccccc1-c1nc(N(C)C)n(C)n1. The topological polar surface area (TPSA) is 37.2 Å². The summed E-state index contributed by atoms with van der Waals surface area (Å²) in [6, 6.07) is 8.15. The molecule has 0 aliphatic carbocycles. The van der Waals surface area contributed by atoms with Crippen LogP contribution in [0, 0.1) is 0 Å². The maximum atomic E-state index is 4.57. The van der Waals surface area contributed by atoms with Gasteiger partial charge >= 0.3 is 0 Å². The summed E-state index contributed by atoms with van der Waals surface area (Å²) in [5.74, 6) is 1.60. The molecule has 0 amide bonds. The van der Waals surface area contributed by atoms with Crippen molar-refractivity contribution in [2.75, 3.05) is 38.0 Å². The smallest absolute Gasteiger partial charge is 0.223 e. The van der Waals surface area contributed by atoms with Crippen molar-refractivity contribution in [3.05, 3.63) is 24.3 Å². The van der Waals surface area contributed by atoms with Gasteiger partial charge in [0.15, 0.2) is 5.82 Å². The number of aromatic nitrogens is 3. The third-order valence-corrected chi connectivity index (χ3v) is 2.77. The molecule has 5 nitrogen and oxygen atoms in total. The van der Waals surface area contributed by atoms with Gasteiger partial charge < -0.3 is 9.80 Å². The normalized spacial score (nSPS) is 10.5. The van der Waals surface area contributed by atoms with E-state index in [4.69, 9.17) is 0 Å². The van der Waals surface area contributed by atoms with Gasteiger partial charge in [-0.1, -0.05) is 12.1 Å². The van der Waals surface area contributed by atoms with E-state index >= 15 is 0 Å². The van der Waals surface area contributed by atoms with Gasteiger partial charge in [0.25, 0.3) is 0 Å². The number of nitrogens with zero attached hydrogens (tertiary/aromatic N) is 5. The number of anilines is 2. The number of hydrogen-bond acceptors (Lipinski definition) is 4. The predicted octanol–water partition coefficient (Wildman–Crippen LogP) is 1.61. The van der Waals surface area contributed by atoms with Crippen LogP contribution in [0.3, 0.4) is 0 Å². The van der Waals surface area contributed by atoms with E-state index < -0.39 is 0 Å². The Hall–Kier alpha value is -2.04. The molecule has 0 unspecified atom stereocenters. The molecule has 0 atom stereocenters. The van der Waals surface area contributed by atoms with Crippen molar-refractivity contribution in [3.63, 3.8) is 0 Å². The number of benzene rings is 1. The summed E-state index contributed by atoms with van der Waals surface area (Å²) in [7, 11) is 9.88. The van der Waals surface area contributed by atoms with Gasteiger partial charge in [-0.3, -0.25) is 0 Å². The number of para-hydroxylation sites is 1. The van der Waals surface area contributed by atoms with E-state index in [1.807, 2.05) is 58.3 Å². The quantitative estimate of drug-likeness (QED) is 0.823. The van der Waals surface area contributed by atoms with Gasteiger partial charge in [-0.05, 0) is 12.1 Å². The molecule has 1 aromatic heterocycles. The van der Waals surface area contributed by atoms with Crippen LogP contribution in [0.4, 0.5) is 11.6 Å². The highest BCUT2D eigenvalue weighted by molar-refractivity contribution is 5.74. The second kappa shape index (κ2) is 4.68. The molecule has 0 saturated heterocycles. The van der Waals surface area contributed by atoms with Crippen molar-refractivity contribution in [1.29, 1.82) is 0 Å². The summed E-state index contributed by atoms with van der Waals surface area (Å²) < 4.78 is 1.79. The Bertz CT molecular complexity index is 542. The first-order chi connectivity index (χ1) is 8.50. The van der Waals surface area contributed by atoms with Crippen LogP contribution in [0.2, 0.25) is 0 Å². The second-order valence-electron chi connectivity index (χ2n) is 4.67. The highest BCUT2D eigenvalue weighted by Crippen LogP contribution is 2.28. The van der Waals surface area contributed by atoms with Crippen molar-refractivity contribution in [2.24, 2.45) is 7.05 Å². The molecule has 0 N–H and O–H groups in total. The van der Waals surface area contributed by atoms with Gasteiger partial charge in [-0.25, -0.2) is 4.68 Å². The van der Waals surface area contributed by atoms with Gasteiger partial charge in [0.05, 0.1) is 0 Å². The maximum Gasteiger partial charge on any atom is 0.223 e. The molecule has 2 rings (SSSR count). The summed E-state index contributed by atoms with van der Waals surface area (Å²) >= 11 is 0. The van der Waals surface area contributed by atoms with Gasteiger partial charge in [0.1, 0.15) is 0 Å². The molecule has 1 aromatic carbocycles. The monoisotopic (exact) mass is 245 g/mol. The molecule has 18 heavy (non-hydrogen) atoms. The number of hydrogen-bond donors (Lipinski definition) is 0. The minimum Gasteiger partial charge on any atom is -0.377 e. The molecule has 0 aliphatic rings. The van der Waals surface area contributed by atoms with Crippen LogP contribution in [0.25, 0.3) is 11.4 Å². The molecule has 1 heterocycles. The van der Waals surface area contributed by atoms with E-state index in [2.05, 4.69) is 21.0 Å². The molecule has 0 saturated carbocycles. The zero-order valence-corrected chi connectivity index (χ0v) is 11.5. The standard InChI is InChI=1S/C13H19N5/c1-16(2)11-9-7-6-8-10(11)12-14-13(17(3)4)18(5)15-12/h6-9H,1-5H3. The van der Waals surface area contributed by atoms with Crippen molar-refractivity contribution in [1.82, 2.24) is 14.8 Å². The van der Waals surface area contributed by atoms with Crippen molar-refractivity contribution in [3.8, 4) is 11.4 Å². The summed E-state index contributed by atoms with van der Waals surface area (Å²) in [5.41, 5.74) is 2.17. The maximum absolute atomic E-state index is 4.57. The molecule has 0 spiro atoms. The Morgan fingerprint density at radius 3 is 2.22 bits per heavy atom. The fourth-order valence-corrected chi connectivity index (χ4v) is 1.93. The Morgan fingerprint density at radius 2 is 1.67 bits per heavy atom. The van der Waals surface area contributed by atoms with Crippen LogP contribution in [0.5, 0.6) is 0 Å². The summed E-state index contributed by atoms with van der Waals surface area (Å²) in [6.07, 6.45) is 0.